The lowest BCUT2D eigenvalue weighted by molar-refractivity contribution is -0.429. The number of nitrogens with zero attached hydrogens (tertiary/aromatic N) is 3. The number of nitro groups is 1. The predicted molar refractivity (Wildman–Crippen MR) is 59.2 cm³/mol. The van der Waals surface area contributed by atoms with Gasteiger partial charge in [-0.1, -0.05) is 0 Å². The fourth-order valence-corrected chi connectivity index (χ4v) is 2.08. The maximum Gasteiger partial charge on any atom is 0.248 e. The Labute approximate surface area is 97.8 Å². The SMILES string of the molecule is CC1(C)CN(N=O)C2CC([N+](=O)[O-])=CC=C2O1. The smallest absolute Gasteiger partial charge is 0.248 e. The standard InChI is InChI=1S/C10H13N3O4/c1-10(2)6-12(11-14)8-5-7(13(15)16)3-4-9(8)17-10/h3-4,8H,5-6H2,1-2H3. The lowest BCUT2D eigenvalue weighted by Gasteiger charge is -2.42. The summed E-state index contributed by atoms with van der Waals surface area (Å²) < 4.78 is 5.69. The van der Waals surface area contributed by atoms with Crippen LogP contribution in [0.2, 0.25) is 0 Å². The fraction of sp³-hybridized carbons (Fsp3) is 0.600. The zero-order valence-corrected chi connectivity index (χ0v) is 9.62. The highest BCUT2D eigenvalue weighted by Crippen LogP contribution is 2.34. The van der Waals surface area contributed by atoms with Gasteiger partial charge in [-0.05, 0) is 19.9 Å². The first kappa shape index (κ1) is 11.6. The summed E-state index contributed by atoms with van der Waals surface area (Å²) in [5.74, 6) is 0.562. The van der Waals surface area contributed by atoms with Crippen molar-refractivity contribution in [2.75, 3.05) is 6.54 Å². The molecule has 0 radical (unpaired) electrons. The van der Waals surface area contributed by atoms with Crippen molar-refractivity contribution in [1.29, 1.82) is 0 Å². The molecule has 0 aromatic carbocycles. The van der Waals surface area contributed by atoms with Crippen molar-refractivity contribution in [3.05, 3.63) is 38.6 Å². The molecular formula is C10H13N3O4. The molecule has 7 nitrogen and oxygen atoms in total. The van der Waals surface area contributed by atoms with Gasteiger partial charge in [0, 0.05) is 6.08 Å². The lowest BCUT2D eigenvalue weighted by Crippen LogP contribution is -2.51. The Balaban J connectivity index is 2.31. The number of hydrogen-bond donors (Lipinski definition) is 0. The largest absolute Gasteiger partial charge is 0.488 e. The maximum absolute atomic E-state index is 10.8. The summed E-state index contributed by atoms with van der Waals surface area (Å²) in [5, 5.41) is 14.9. The van der Waals surface area contributed by atoms with Crippen molar-refractivity contribution in [3.8, 4) is 0 Å². The van der Waals surface area contributed by atoms with E-state index in [4.69, 9.17) is 4.74 Å². The molecule has 2 rings (SSSR count). The fourth-order valence-electron chi connectivity index (χ4n) is 2.08. The van der Waals surface area contributed by atoms with E-state index in [1.54, 1.807) is 6.08 Å². The molecular weight excluding hydrogens is 226 g/mol. The van der Waals surface area contributed by atoms with Crippen LogP contribution in [0.25, 0.3) is 0 Å². The number of allylic oxidation sites excluding steroid dienone is 2. The number of fused-ring (bicyclic) bond motifs is 1. The highest BCUT2D eigenvalue weighted by molar-refractivity contribution is 5.24. The first-order valence-corrected chi connectivity index (χ1v) is 5.27. The van der Waals surface area contributed by atoms with Crippen LogP contribution in [-0.4, -0.2) is 28.1 Å². The third kappa shape index (κ3) is 2.13. The molecule has 7 heteroatoms. The van der Waals surface area contributed by atoms with Crippen molar-refractivity contribution >= 4 is 0 Å². The quantitative estimate of drug-likeness (QED) is 0.415. The van der Waals surface area contributed by atoms with Gasteiger partial charge in [-0.25, -0.2) is 5.01 Å². The minimum absolute atomic E-state index is 0.0655. The highest BCUT2D eigenvalue weighted by Gasteiger charge is 2.41. The molecule has 0 saturated carbocycles. The molecule has 1 saturated heterocycles. The summed E-state index contributed by atoms with van der Waals surface area (Å²) in [5.41, 5.74) is -0.452. The molecule has 0 N–H and O–H groups in total. The summed E-state index contributed by atoms with van der Waals surface area (Å²) in [6.45, 7) is 4.01. The molecule has 0 bridgehead atoms. The highest BCUT2D eigenvalue weighted by atomic mass is 16.6. The van der Waals surface area contributed by atoms with Crippen molar-refractivity contribution in [2.24, 2.45) is 5.29 Å². The Hall–Kier alpha value is -1.92. The molecule has 0 spiro atoms. The van der Waals surface area contributed by atoms with E-state index in [0.717, 1.165) is 0 Å². The molecule has 1 aliphatic heterocycles. The first-order valence-electron chi connectivity index (χ1n) is 5.27. The topological polar surface area (TPSA) is 85.0 Å². The Morgan fingerprint density at radius 1 is 1.59 bits per heavy atom. The van der Waals surface area contributed by atoms with E-state index in [2.05, 4.69) is 5.29 Å². The van der Waals surface area contributed by atoms with Crippen LogP contribution in [0.15, 0.2) is 28.9 Å². The maximum atomic E-state index is 10.8. The van der Waals surface area contributed by atoms with Crippen LogP contribution >= 0.6 is 0 Å². The van der Waals surface area contributed by atoms with E-state index >= 15 is 0 Å². The van der Waals surface area contributed by atoms with Gasteiger partial charge in [-0.2, -0.15) is 0 Å². The normalized spacial score (nSPS) is 26.2. The molecule has 2 aliphatic rings. The Kier molecular flexibility index (Phi) is 2.60. The number of morpholine rings is 1. The van der Waals surface area contributed by atoms with E-state index in [1.165, 1.54) is 11.1 Å². The monoisotopic (exact) mass is 239 g/mol. The molecule has 1 atom stereocenters. The van der Waals surface area contributed by atoms with Crippen molar-refractivity contribution in [1.82, 2.24) is 5.01 Å². The zero-order valence-electron chi connectivity index (χ0n) is 9.62. The number of ether oxygens (including phenoxy) is 1. The number of rotatable bonds is 2. The second-order valence-electron chi connectivity index (χ2n) is 4.75. The summed E-state index contributed by atoms with van der Waals surface area (Å²) in [6.07, 6.45) is 3.10. The second kappa shape index (κ2) is 3.83. The van der Waals surface area contributed by atoms with E-state index in [0.29, 0.717) is 12.3 Å². The molecule has 92 valence electrons. The average molecular weight is 239 g/mol. The predicted octanol–water partition coefficient (Wildman–Crippen LogP) is 1.60. The minimum Gasteiger partial charge on any atom is -0.488 e. The van der Waals surface area contributed by atoms with Crippen LogP contribution in [0.3, 0.4) is 0 Å². The molecule has 0 aromatic heterocycles. The summed E-state index contributed by atoms with van der Waals surface area (Å²) in [4.78, 5) is 21.0. The van der Waals surface area contributed by atoms with Crippen molar-refractivity contribution < 1.29 is 9.66 Å². The molecule has 1 unspecified atom stereocenters. The van der Waals surface area contributed by atoms with Crippen LogP contribution in [0.4, 0.5) is 0 Å². The van der Waals surface area contributed by atoms with Gasteiger partial charge in [-0.3, -0.25) is 10.1 Å². The van der Waals surface area contributed by atoms with Crippen molar-refractivity contribution in [3.63, 3.8) is 0 Å². The van der Waals surface area contributed by atoms with Crippen LogP contribution < -0.4 is 0 Å². The van der Waals surface area contributed by atoms with E-state index in [1.807, 2.05) is 13.8 Å². The van der Waals surface area contributed by atoms with Gasteiger partial charge in [-0.15, -0.1) is 4.91 Å². The van der Waals surface area contributed by atoms with Gasteiger partial charge in [0.2, 0.25) is 5.70 Å². The molecule has 1 aliphatic carbocycles. The van der Waals surface area contributed by atoms with Crippen LogP contribution in [0.1, 0.15) is 20.3 Å². The first-order chi connectivity index (χ1) is 7.93. The second-order valence-corrected chi connectivity index (χ2v) is 4.75. The zero-order chi connectivity index (χ0) is 12.6. The molecule has 1 fully saturated rings. The van der Waals surface area contributed by atoms with Gasteiger partial charge in [0.25, 0.3) is 0 Å². The average Bonchev–Trinajstić information content (AvgIpc) is 2.26. The van der Waals surface area contributed by atoms with Crippen LogP contribution in [0.5, 0.6) is 0 Å². The van der Waals surface area contributed by atoms with Gasteiger partial charge < -0.3 is 4.74 Å². The van der Waals surface area contributed by atoms with Gasteiger partial charge >= 0.3 is 0 Å². The van der Waals surface area contributed by atoms with E-state index < -0.39 is 16.6 Å². The Morgan fingerprint density at radius 3 is 2.88 bits per heavy atom. The van der Waals surface area contributed by atoms with Crippen LogP contribution in [-0.2, 0) is 4.74 Å². The van der Waals surface area contributed by atoms with Crippen LogP contribution in [0, 0.1) is 15.0 Å². The Bertz CT molecular complexity index is 427. The molecule has 0 aromatic rings. The molecule has 17 heavy (non-hydrogen) atoms. The lowest BCUT2D eigenvalue weighted by atomic mass is 9.97. The molecule has 1 heterocycles. The van der Waals surface area contributed by atoms with Crippen molar-refractivity contribution in [2.45, 2.75) is 31.9 Å². The third-order valence-electron chi connectivity index (χ3n) is 2.81. The summed E-state index contributed by atoms with van der Waals surface area (Å²) in [7, 11) is 0. The molecule has 0 amide bonds. The minimum atomic E-state index is -0.518. The Morgan fingerprint density at radius 2 is 2.29 bits per heavy atom. The van der Waals surface area contributed by atoms with Gasteiger partial charge in [0.05, 0.1) is 23.2 Å². The van der Waals surface area contributed by atoms with E-state index in [-0.39, 0.29) is 12.1 Å². The van der Waals surface area contributed by atoms with Gasteiger partial charge in [0.15, 0.2) is 0 Å². The summed E-state index contributed by atoms with van der Waals surface area (Å²) >= 11 is 0. The van der Waals surface area contributed by atoms with Gasteiger partial charge in [0.1, 0.15) is 17.4 Å². The number of nitroso groups, excluding NO2 is 1. The number of hydrogen-bond acceptors (Lipinski definition) is 5. The third-order valence-corrected chi connectivity index (χ3v) is 2.81. The van der Waals surface area contributed by atoms with E-state index in [9.17, 15) is 15.0 Å². The summed E-state index contributed by atoms with van der Waals surface area (Å²) in [6, 6.07) is -0.453.